The Morgan fingerprint density at radius 3 is 2.23 bits per heavy atom. The summed E-state index contributed by atoms with van der Waals surface area (Å²) in [5.74, 6) is 0. The van der Waals surface area contributed by atoms with Crippen LogP contribution in [0, 0.1) is 0 Å². The summed E-state index contributed by atoms with van der Waals surface area (Å²) in [5, 5.41) is 4.52. The van der Waals surface area contributed by atoms with E-state index < -0.39 is 5.60 Å². The number of nitrogens with zero attached hydrogens (tertiary/aromatic N) is 3. The molecule has 1 aliphatic rings. The van der Waals surface area contributed by atoms with Crippen LogP contribution < -0.4 is 0 Å². The molecular formula is C17H29N3O2. The minimum absolute atomic E-state index is 0.121. The van der Waals surface area contributed by atoms with Crippen molar-refractivity contribution < 1.29 is 9.53 Å². The van der Waals surface area contributed by atoms with Gasteiger partial charge >= 0.3 is 6.09 Å². The van der Waals surface area contributed by atoms with E-state index in [9.17, 15) is 4.79 Å². The highest BCUT2D eigenvalue weighted by molar-refractivity contribution is 5.68. The quantitative estimate of drug-likeness (QED) is 0.794. The lowest BCUT2D eigenvalue weighted by molar-refractivity contribution is 0.0185. The van der Waals surface area contributed by atoms with Crippen molar-refractivity contribution in [3.8, 4) is 0 Å². The standard InChI is InChI=1S/C17H29N3O2/c1-16(2,3)13-11-18-20(12-13)14-7-9-19(10-8-14)15(21)22-17(4,5)6/h11-12,14H,7-10H2,1-6H3. The maximum atomic E-state index is 12.1. The molecule has 1 aromatic rings. The molecular weight excluding hydrogens is 278 g/mol. The zero-order chi connectivity index (χ0) is 16.5. The normalized spacial score (nSPS) is 17.6. The first-order chi connectivity index (χ1) is 10.1. The number of amides is 1. The van der Waals surface area contributed by atoms with Crippen molar-refractivity contribution in [2.24, 2.45) is 0 Å². The molecule has 0 saturated carbocycles. The topological polar surface area (TPSA) is 47.4 Å². The summed E-state index contributed by atoms with van der Waals surface area (Å²) in [7, 11) is 0. The molecule has 0 aromatic carbocycles. The molecule has 0 atom stereocenters. The van der Waals surface area contributed by atoms with E-state index in [1.807, 2.05) is 27.0 Å². The number of carbonyl (C=O) groups excluding carboxylic acids is 1. The second-order valence-corrected chi connectivity index (χ2v) is 8.16. The molecule has 0 spiro atoms. The van der Waals surface area contributed by atoms with E-state index in [-0.39, 0.29) is 11.5 Å². The SMILES string of the molecule is CC(C)(C)OC(=O)N1CCC(n2cc(C(C)(C)C)cn2)CC1. The van der Waals surface area contributed by atoms with E-state index in [1.54, 1.807) is 4.90 Å². The molecule has 5 nitrogen and oxygen atoms in total. The average molecular weight is 307 g/mol. The molecule has 22 heavy (non-hydrogen) atoms. The Morgan fingerprint density at radius 1 is 1.18 bits per heavy atom. The highest BCUT2D eigenvalue weighted by atomic mass is 16.6. The lowest BCUT2D eigenvalue weighted by Crippen LogP contribution is -2.42. The van der Waals surface area contributed by atoms with Crippen molar-refractivity contribution in [1.29, 1.82) is 0 Å². The van der Waals surface area contributed by atoms with Crippen LogP contribution in [0.25, 0.3) is 0 Å². The fourth-order valence-corrected chi connectivity index (χ4v) is 2.56. The monoisotopic (exact) mass is 307 g/mol. The fourth-order valence-electron chi connectivity index (χ4n) is 2.56. The number of hydrogen-bond acceptors (Lipinski definition) is 3. The van der Waals surface area contributed by atoms with Crippen LogP contribution in [0.4, 0.5) is 4.79 Å². The van der Waals surface area contributed by atoms with Crippen molar-refractivity contribution in [1.82, 2.24) is 14.7 Å². The number of likely N-dealkylation sites (tertiary alicyclic amines) is 1. The first-order valence-electron chi connectivity index (χ1n) is 8.09. The third kappa shape index (κ3) is 4.24. The fraction of sp³-hybridized carbons (Fsp3) is 0.765. The molecule has 2 heterocycles. The molecule has 2 rings (SSSR count). The van der Waals surface area contributed by atoms with Crippen LogP contribution in [0.2, 0.25) is 0 Å². The molecule has 0 unspecified atom stereocenters. The van der Waals surface area contributed by atoms with E-state index in [4.69, 9.17) is 4.74 Å². The van der Waals surface area contributed by atoms with Gasteiger partial charge in [-0.3, -0.25) is 4.68 Å². The Labute approximate surface area is 133 Å². The number of aromatic nitrogens is 2. The van der Waals surface area contributed by atoms with Crippen molar-refractivity contribution >= 4 is 6.09 Å². The smallest absolute Gasteiger partial charge is 0.410 e. The molecule has 0 bridgehead atoms. The lowest BCUT2D eigenvalue weighted by atomic mass is 9.90. The van der Waals surface area contributed by atoms with Crippen LogP contribution >= 0.6 is 0 Å². The molecule has 124 valence electrons. The van der Waals surface area contributed by atoms with E-state index in [0.29, 0.717) is 6.04 Å². The summed E-state index contributed by atoms with van der Waals surface area (Å²) in [6, 6.07) is 0.370. The van der Waals surface area contributed by atoms with Crippen molar-refractivity contribution in [3.63, 3.8) is 0 Å². The van der Waals surface area contributed by atoms with Crippen molar-refractivity contribution in [2.75, 3.05) is 13.1 Å². The molecule has 1 aliphatic heterocycles. The van der Waals surface area contributed by atoms with Gasteiger partial charge in [-0.25, -0.2) is 4.79 Å². The molecule has 1 fully saturated rings. The van der Waals surface area contributed by atoms with E-state index >= 15 is 0 Å². The first kappa shape index (κ1) is 16.8. The van der Waals surface area contributed by atoms with Gasteiger partial charge in [0.25, 0.3) is 0 Å². The van der Waals surface area contributed by atoms with Gasteiger partial charge in [0.1, 0.15) is 5.60 Å². The van der Waals surface area contributed by atoms with Crippen LogP contribution in [-0.4, -0.2) is 39.5 Å². The van der Waals surface area contributed by atoms with Crippen LogP contribution in [0.3, 0.4) is 0 Å². The minimum atomic E-state index is -0.433. The molecule has 1 saturated heterocycles. The summed E-state index contributed by atoms with van der Waals surface area (Å²) in [5.41, 5.74) is 0.939. The summed E-state index contributed by atoms with van der Waals surface area (Å²) in [4.78, 5) is 13.9. The van der Waals surface area contributed by atoms with Crippen molar-refractivity contribution in [2.45, 2.75) is 71.4 Å². The highest BCUT2D eigenvalue weighted by Crippen LogP contribution is 2.27. The third-order valence-corrected chi connectivity index (χ3v) is 3.96. The molecule has 5 heteroatoms. The Bertz CT molecular complexity index is 515. The van der Waals surface area contributed by atoms with Crippen molar-refractivity contribution in [3.05, 3.63) is 18.0 Å². The van der Waals surface area contributed by atoms with Gasteiger partial charge in [-0.05, 0) is 44.6 Å². The van der Waals surface area contributed by atoms with E-state index in [1.165, 1.54) is 5.56 Å². The second kappa shape index (κ2) is 5.94. The highest BCUT2D eigenvalue weighted by Gasteiger charge is 2.28. The van der Waals surface area contributed by atoms with Gasteiger partial charge in [0.2, 0.25) is 0 Å². The lowest BCUT2D eigenvalue weighted by Gasteiger charge is -2.33. The zero-order valence-corrected chi connectivity index (χ0v) is 14.7. The third-order valence-electron chi connectivity index (χ3n) is 3.96. The number of rotatable bonds is 1. The van der Waals surface area contributed by atoms with Crippen LogP contribution in [0.1, 0.15) is 66.0 Å². The number of carbonyl (C=O) groups is 1. The largest absolute Gasteiger partial charge is 0.444 e. The zero-order valence-electron chi connectivity index (χ0n) is 14.7. The van der Waals surface area contributed by atoms with Gasteiger partial charge in [0, 0.05) is 19.3 Å². The summed E-state index contributed by atoms with van der Waals surface area (Å²) in [6.07, 6.45) is 5.74. The summed E-state index contributed by atoms with van der Waals surface area (Å²) in [6.45, 7) is 13.7. The molecule has 0 aliphatic carbocycles. The average Bonchev–Trinajstić information content (AvgIpc) is 2.86. The van der Waals surface area contributed by atoms with Gasteiger partial charge < -0.3 is 9.64 Å². The van der Waals surface area contributed by atoms with Crippen LogP contribution in [0.15, 0.2) is 12.4 Å². The maximum absolute atomic E-state index is 12.1. The van der Waals surface area contributed by atoms with Gasteiger partial charge in [-0.2, -0.15) is 5.10 Å². The molecule has 1 aromatic heterocycles. The molecule has 1 amide bonds. The first-order valence-corrected chi connectivity index (χ1v) is 8.09. The summed E-state index contributed by atoms with van der Waals surface area (Å²) < 4.78 is 7.49. The number of piperidine rings is 1. The van der Waals surface area contributed by atoms with Crippen LogP contribution in [-0.2, 0) is 10.2 Å². The van der Waals surface area contributed by atoms with Gasteiger partial charge in [0.15, 0.2) is 0 Å². The summed E-state index contributed by atoms with van der Waals surface area (Å²) >= 11 is 0. The predicted molar refractivity (Wildman–Crippen MR) is 87.0 cm³/mol. The van der Waals surface area contributed by atoms with Gasteiger partial charge in [-0.1, -0.05) is 20.8 Å². The number of hydrogen-bond donors (Lipinski definition) is 0. The minimum Gasteiger partial charge on any atom is -0.444 e. The van der Waals surface area contributed by atoms with Gasteiger partial charge in [-0.15, -0.1) is 0 Å². The Morgan fingerprint density at radius 2 is 1.77 bits per heavy atom. The molecule has 0 N–H and O–H groups in total. The predicted octanol–water partition coefficient (Wildman–Crippen LogP) is 3.75. The van der Waals surface area contributed by atoms with Crippen LogP contribution in [0.5, 0.6) is 0 Å². The Kier molecular flexibility index (Phi) is 4.54. The maximum Gasteiger partial charge on any atom is 0.410 e. The van der Waals surface area contributed by atoms with E-state index in [0.717, 1.165) is 25.9 Å². The molecule has 0 radical (unpaired) electrons. The van der Waals surface area contributed by atoms with Gasteiger partial charge in [0.05, 0.1) is 12.2 Å². The number of ether oxygens (including phenoxy) is 1. The van der Waals surface area contributed by atoms with E-state index in [2.05, 4.69) is 36.7 Å². The Balaban J connectivity index is 1.92. The second-order valence-electron chi connectivity index (χ2n) is 8.16. The Hall–Kier alpha value is -1.52.